The fraction of sp³-hybridized carbons (Fsp3) is 0.833. The van der Waals surface area contributed by atoms with Crippen molar-refractivity contribution in [2.24, 2.45) is 11.1 Å². The third-order valence-corrected chi connectivity index (χ3v) is 2.94. The van der Waals surface area contributed by atoms with E-state index in [1.807, 2.05) is 0 Å². The summed E-state index contributed by atoms with van der Waals surface area (Å²) in [7, 11) is 1.56. The molecule has 0 N–H and O–H groups in total. The van der Waals surface area contributed by atoms with Crippen LogP contribution in [0.1, 0.15) is 51.4 Å². The summed E-state index contributed by atoms with van der Waals surface area (Å²) in [4.78, 5) is 4.82. The standard InChI is InChI=1S/C12H20N2O/c1-15-14-12-9-7-5-3-2-4-6-8-11(12)10-13/h11H,2-9H2,1H3. The van der Waals surface area contributed by atoms with Gasteiger partial charge in [0.05, 0.1) is 17.7 Å². The second-order valence-electron chi connectivity index (χ2n) is 4.11. The summed E-state index contributed by atoms with van der Waals surface area (Å²) in [6.45, 7) is 0. The van der Waals surface area contributed by atoms with E-state index in [2.05, 4.69) is 11.2 Å². The summed E-state index contributed by atoms with van der Waals surface area (Å²) in [5.74, 6) is -0.0250. The SMILES string of the molecule is CON=C1CCCCCCCCC1C#N. The number of oxime groups is 1. The molecule has 1 unspecified atom stereocenters. The number of rotatable bonds is 1. The molecule has 0 bridgehead atoms. The molecule has 1 saturated carbocycles. The fourth-order valence-corrected chi connectivity index (χ4v) is 2.07. The van der Waals surface area contributed by atoms with Gasteiger partial charge in [0.1, 0.15) is 7.11 Å². The van der Waals surface area contributed by atoms with Crippen molar-refractivity contribution in [2.75, 3.05) is 7.11 Å². The molecule has 0 aliphatic heterocycles. The Labute approximate surface area is 92.1 Å². The van der Waals surface area contributed by atoms with Gasteiger partial charge in [-0.25, -0.2) is 0 Å². The molecule has 0 amide bonds. The van der Waals surface area contributed by atoms with E-state index in [-0.39, 0.29) is 5.92 Å². The zero-order valence-corrected chi connectivity index (χ0v) is 9.54. The molecule has 1 aliphatic carbocycles. The molecule has 1 rings (SSSR count). The van der Waals surface area contributed by atoms with Crippen LogP contribution >= 0.6 is 0 Å². The smallest absolute Gasteiger partial charge is 0.106 e. The van der Waals surface area contributed by atoms with Gasteiger partial charge in [0.15, 0.2) is 0 Å². The van der Waals surface area contributed by atoms with E-state index < -0.39 is 0 Å². The molecule has 1 aliphatic rings. The molecule has 0 aromatic rings. The van der Waals surface area contributed by atoms with E-state index in [9.17, 15) is 0 Å². The molecule has 3 heteroatoms. The van der Waals surface area contributed by atoms with Crippen LogP contribution in [0.25, 0.3) is 0 Å². The molecule has 84 valence electrons. The molecular formula is C12H20N2O. The van der Waals surface area contributed by atoms with Crippen LogP contribution in [-0.4, -0.2) is 12.8 Å². The first-order chi connectivity index (χ1) is 7.38. The van der Waals surface area contributed by atoms with Crippen LogP contribution in [-0.2, 0) is 4.84 Å². The zero-order valence-electron chi connectivity index (χ0n) is 9.54. The quantitative estimate of drug-likeness (QED) is 0.621. The van der Waals surface area contributed by atoms with Gasteiger partial charge in [0.2, 0.25) is 0 Å². The van der Waals surface area contributed by atoms with E-state index in [1.54, 1.807) is 7.11 Å². The van der Waals surface area contributed by atoms with Crippen LogP contribution in [0.15, 0.2) is 5.16 Å². The Hall–Kier alpha value is -1.04. The lowest BCUT2D eigenvalue weighted by atomic mass is 9.91. The second-order valence-corrected chi connectivity index (χ2v) is 4.11. The van der Waals surface area contributed by atoms with Gasteiger partial charge in [-0.05, 0) is 19.3 Å². The Kier molecular flexibility index (Phi) is 5.84. The minimum Gasteiger partial charge on any atom is -0.399 e. The molecule has 15 heavy (non-hydrogen) atoms. The maximum absolute atomic E-state index is 9.08. The predicted octanol–water partition coefficient (Wildman–Crippen LogP) is 3.26. The highest BCUT2D eigenvalue weighted by Crippen LogP contribution is 2.19. The summed E-state index contributed by atoms with van der Waals surface area (Å²) in [5, 5.41) is 13.1. The molecule has 3 nitrogen and oxygen atoms in total. The zero-order chi connectivity index (χ0) is 10.9. The van der Waals surface area contributed by atoms with Crippen molar-refractivity contribution in [3.63, 3.8) is 0 Å². The van der Waals surface area contributed by atoms with Crippen molar-refractivity contribution in [3.8, 4) is 6.07 Å². The lowest BCUT2D eigenvalue weighted by Crippen LogP contribution is -2.14. The van der Waals surface area contributed by atoms with Gasteiger partial charge in [-0.15, -0.1) is 0 Å². The van der Waals surface area contributed by atoms with Crippen molar-refractivity contribution >= 4 is 5.71 Å². The molecule has 0 radical (unpaired) electrons. The van der Waals surface area contributed by atoms with E-state index in [0.29, 0.717) is 0 Å². The highest BCUT2D eigenvalue weighted by atomic mass is 16.6. The van der Waals surface area contributed by atoms with Crippen molar-refractivity contribution in [2.45, 2.75) is 51.4 Å². The molecule has 0 aromatic carbocycles. The minimum atomic E-state index is -0.0250. The van der Waals surface area contributed by atoms with Crippen LogP contribution in [0, 0.1) is 17.2 Å². The van der Waals surface area contributed by atoms with Crippen LogP contribution in [0.3, 0.4) is 0 Å². The van der Waals surface area contributed by atoms with Gasteiger partial charge >= 0.3 is 0 Å². The third kappa shape index (κ3) is 4.33. The first-order valence-corrected chi connectivity index (χ1v) is 5.88. The minimum absolute atomic E-state index is 0.0250. The maximum atomic E-state index is 9.08. The van der Waals surface area contributed by atoms with Crippen LogP contribution in [0.2, 0.25) is 0 Å². The van der Waals surface area contributed by atoms with E-state index in [0.717, 1.165) is 31.4 Å². The number of nitriles is 1. The normalized spacial score (nSPS) is 26.9. The maximum Gasteiger partial charge on any atom is 0.106 e. The first kappa shape index (κ1) is 12.0. The summed E-state index contributed by atoms with van der Waals surface area (Å²) < 4.78 is 0. The summed E-state index contributed by atoms with van der Waals surface area (Å²) in [6.07, 6.45) is 9.28. The lowest BCUT2D eigenvalue weighted by molar-refractivity contribution is 0.210. The summed E-state index contributed by atoms with van der Waals surface area (Å²) >= 11 is 0. The lowest BCUT2D eigenvalue weighted by Gasteiger charge is -2.13. The molecule has 1 atom stereocenters. The van der Waals surface area contributed by atoms with Gasteiger partial charge in [-0.2, -0.15) is 5.26 Å². The van der Waals surface area contributed by atoms with E-state index in [1.165, 1.54) is 25.7 Å². The van der Waals surface area contributed by atoms with Gasteiger partial charge < -0.3 is 4.84 Å². The molecular weight excluding hydrogens is 188 g/mol. The van der Waals surface area contributed by atoms with Crippen molar-refractivity contribution < 1.29 is 4.84 Å². The first-order valence-electron chi connectivity index (χ1n) is 5.88. The number of hydrogen-bond donors (Lipinski definition) is 0. The van der Waals surface area contributed by atoms with Crippen molar-refractivity contribution in [3.05, 3.63) is 0 Å². The molecule has 1 fully saturated rings. The van der Waals surface area contributed by atoms with Crippen LogP contribution in [0.4, 0.5) is 0 Å². The highest BCUT2D eigenvalue weighted by Gasteiger charge is 2.16. The van der Waals surface area contributed by atoms with Gasteiger partial charge in [0.25, 0.3) is 0 Å². The van der Waals surface area contributed by atoms with Crippen LogP contribution < -0.4 is 0 Å². The largest absolute Gasteiger partial charge is 0.399 e. The molecule has 0 spiro atoms. The topological polar surface area (TPSA) is 45.4 Å². The van der Waals surface area contributed by atoms with Crippen molar-refractivity contribution in [1.82, 2.24) is 0 Å². The van der Waals surface area contributed by atoms with Crippen LogP contribution in [0.5, 0.6) is 0 Å². The second kappa shape index (κ2) is 7.28. The Morgan fingerprint density at radius 3 is 2.53 bits per heavy atom. The fourth-order valence-electron chi connectivity index (χ4n) is 2.07. The summed E-state index contributed by atoms with van der Waals surface area (Å²) in [5.41, 5.74) is 0.946. The number of nitrogens with zero attached hydrogens (tertiary/aromatic N) is 2. The van der Waals surface area contributed by atoms with Gasteiger partial charge in [0, 0.05) is 0 Å². The number of hydrogen-bond acceptors (Lipinski definition) is 3. The Morgan fingerprint density at radius 2 is 1.87 bits per heavy atom. The third-order valence-electron chi connectivity index (χ3n) is 2.94. The molecule has 0 saturated heterocycles. The Morgan fingerprint density at radius 1 is 1.20 bits per heavy atom. The highest BCUT2D eigenvalue weighted by molar-refractivity contribution is 5.88. The average molecular weight is 208 g/mol. The van der Waals surface area contributed by atoms with Gasteiger partial charge in [-0.1, -0.05) is 37.3 Å². The Bertz CT molecular complexity index is 242. The van der Waals surface area contributed by atoms with E-state index in [4.69, 9.17) is 10.1 Å². The predicted molar refractivity (Wildman–Crippen MR) is 60.5 cm³/mol. The van der Waals surface area contributed by atoms with Gasteiger partial charge in [-0.3, -0.25) is 0 Å². The monoisotopic (exact) mass is 208 g/mol. The Balaban J connectivity index is 2.59. The van der Waals surface area contributed by atoms with Crippen molar-refractivity contribution in [1.29, 1.82) is 5.26 Å². The molecule has 0 heterocycles. The van der Waals surface area contributed by atoms with E-state index >= 15 is 0 Å². The average Bonchev–Trinajstić information content (AvgIpc) is 2.27. The molecule has 0 aromatic heterocycles. The summed E-state index contributed by atoms with van der Waals surface area (Å²) in [6, 6.07) is 2.34.